The fourth-order valence-corrected chi connectivity index (χ4v) is 2.80. The van der Waals surface area contributed by atoms with Crippen molar-refractivity contribution in [2.24, 2.45) is 0 Å². The molecule has 0 N–H and O–H groups in total. The smallest absolute Gasteiger partial charge is 0.331 e. The summed E-state index contributed by atoms with van der Waals surface area (Å²) in [7, 11) is 0. The molecule has 1 aliphatic rings. The Morgan fingerprint density at radius 2 is 1.92 bits per heavy atom. The molecule has 3 rings (SSSR count). The molecule has 1 heterocycles. The Labute approximate surface area is 157 Å². The van der Waals surface area contributed by atoms with Crippen LogP contribution in [0.25, 0.3) is 6.08 Å². The molecule has 26 heavy (non-hydrogen) atoms. The van der Waals surface area contributed by atoms with E-state index in [1.807, 2.05) is 0 Å². The quantitative estimate of drug-likeness (QED) is 0.316. The summed E-state index contributed by atoms with van der Waals surface area (Å²) in [5.41, 5.74) is 0.975. The first-order valence-corrected chi connectivity index (χ1v) is 8.50. The summed E-state index contributed by atoms with van der Waals surface area (Å²) in [6.07, 6.45) is 2.52. The zero-order valence-corrected chi connectivity index (χ0v) is 15.1. The zero-order valence-electron chi connectivity index (χ0n) is 13.5. The number of halogens is 1. The maximum absolute atomic E-state index is 11.9. The van der Waals surface area contributed by atoms with E-state index in [0.29, 0.717) is 30.3 Å². The fraction of sp³-hybridized carbons (Fsp3) is 0.167. The first kappa shape index (κ1) is 17.9. The normalized spacial score (nSPS) is 12.8. The number of nitro benzene ring substituents is 1. The number of rotatable bonds is 5. The fourth-order valence-electron chi connectivity index (χ4n) is 2.37. The molecule has 0 amide bonds. The number of para-hydroxylation sites is 1. The van der Waals surface area contributed by atoms with Crippen molar-refractivity contribution in [2.75, 3.05) is 13.2 Å². The van der Waals surface area contributed by atoms with E-state index in [1.54, 1.807) is 30.3 Å². The van der Waals surface area contributed by atoms with Gasteiger partial charge in [-0.15, -0.1) is 0 Å². The summed E-state index contributed by atoms with van der Waals surface area (Å²) in [6, 6.07) is 9.66. The van der Waals surface area contributed by atoms with E-state index in [-0.39, 0.29) is 12.3 Å². The van der Waals surface area contributed by atoms with Gasteiger partial charge in [-0.05, 0) is 24.3 Å². The van der Waals surface area contributed by atoms with Gasteiger partial charge in [0.15, 0.2) is 11.5 Å². The van der Waals surface area contributed by atoms with Crippen LogP contribution in [0.2, 0.25) is 0 Å². The van der Waals surface area contributed by atoms with Gasteiger partial charge in [0.1, 0.15) is 19.8 Å². The number of nitrogens with zero attached hydrogens (tertiary/aromatic N) is 1. The van der Waals surface area contributed by atoms with Crippen molar-refractivity contribution in [3.05, 3.63) is 68.2 Å². The largest absolute Gasteiger partial charge is 0.486 e. The molecular weight excluding hydrogens is 406 g/mol. The van der Waals surface area contributed by atoms with E-state index in [1.165, 1.54) is 12.1 Å². The highest BCUT2D eigenvalue weighted by Crippen LogP contribution is 2.35. The Bertz CT molecular complexity index is 880. The minimum atomic E-state index is -0.607. The molecule has 0 bridgehead atoms. The van der Waals surface area contributed by atoms with E-state index in [0.717, 1.165) is 16.1 Å². The maximum atomic E-state index is 11.9. The summed E-state index contributed by atoms with van der Waals surface area (Å²) in [6.45, 7) is 0.980. The summed E-state index contributed by atoms with van der Waals surface area (Å²) in [5.74, 6) is 0.625. The summed E-state index contributed by atoms with van der Waals surface area (Å²) >= 11 is 3.41. The standard InChI is InChI=1S/C18H14BrNO6/c19-14-10-17-16(24-7-8-25-17)9-13(14)11-26-18(21)6-5-12-3-1-2-4-15(12)20(22)23/h1-6,9-10H,7-8,11H2/b6-5+. The molecule has 8 heteroatoms. The van der Waals surface area contributed by atoms with Crippen LogP contribution in [-0.2, 0) is 16.1 Å². The van der Waals surface area contributed by atoms with Crippen LogP contribution < -0.4 is 9.47 Å². The van der Waals surface area contributed by atoms with Crippen molar-refractivity contribution in [1.82, 2.24) is 0 Å². The third kappa shape index (κ3) is 4.20. The number of esters is 1. The Morgan fingerprint density at radius 1 is 1.23 bits per heavy atom. The minimum absolute atomic E-state index is 0.0251. The van der Waals surface area contributed by atoms with Crippen LogP contribution in [0.4, 0.5) is 5.69 Å². The van der Waals surface area contributed by atoms with Crippen LogP contribution in [0, 0.1) is 10.1 Å². The number of carbonyl (C=O) groups excluding carboxylic acids is 1. The van der Waals surface area contributed by atoms with Gasteiger partial charge in [0.2, 0.25) is 0 Å². The first-order chi connectivity index (χ1) is 12.5. The maximum Gasteiger partial charge on any atom is 0.331 e. The Kier molecular flexibility index (Phi) is 5.52. The lowest BCUT2D eigenvalue weighted by molar-refractivity contribution is -0.385. The van der Waals surface area contributed by atoms with Crippen LogP contribution in [0.3, 0.4) is 0 Å². The lowest BCUT2D eigenvalue weighted by atomic mass is 10.1. The van der Waals surface area contributed by atoms with Gasteiger partial charge in [0.05, 0.1) is 10.5 Å². The lowest BCUT2D eigenvalue weighted by Gasteiger charge is -2.19. The van der Waals surface area contributed by atoms with Gasteiger partial charge in [-0.25, -0.2) is 4.79 Å². The molecule has 0 aliphatic carbocycles. The van der Waals surface area contributed by atoms with Gasteiger partial charge >= 0.3 is 5.97 Å². The molecule has 2 aromatic carbocycles. The molecule has 0 radical (unpaired) electrons. The molecular formula is C18H14BrNO6. The van der Waals surface area contributed by atoms with Crippen LogP contribution in [0.5, 0.6) is 11.5 Å². The number of hydrogen-bond acceptors (Lipinski definition) is 6. The molecule has 1 aliphatic heterocycles. The number of benzene rings is 2. The SMILES string of the molecule is O=C(/C=C/c1ccccc1[N+](=O)[O-])OCc1cc2c(cc1Br)OCCO2. The van der Waals surface area contributed by atoms with Gasteiger partial charge in [0, 0.05) is 22.2 Å². The van der Waals surface area contributed by atoms with Crippen molar-refractivity contribution < 1.29 is 23.9 Å². The lowest BCUT2D eigenvalue weighted by Crippen LogP contribution is -2.15. The van der Waals surface area contributed by atoms with Crippen molar-refractivity contribution in [2.45, 2.75) is 6.61 Å². The molecule has 7 nitrogen and oxygen atoms in total. The predicted octanol–water partition coefficient (Wildman–Crippen LogP) is 3.89. The predicted molar refractivity (Wildman–Crippen MR) is 97.1 cm³/mol. The highest BCUT2D eigenvalue weighted by atomic mass is 79.9. The number of carbonyl (C=O) groups is 1. The van der Waals surface area contributed by atoms with Crippen molar-refractivity contribution in [1.29, 1.82) is 0 Å². The molecule has 0 spiro atoms. The van der Waals surface area contributed by atoms with Crippen LogP contribution in [0.1, 0.15) is 11.1 Å². The Balaban J connectivity index is 1.65. The number of hydrogen-bond donors (Lipinski definition) is 0. The van der Waals surface area contributed by atoms with Gasteiger partial charge in [-0.1, -0.05) is 28.1 Å². The van der Waals surface area contributed by atoms with Crippen molar-refractivity contribution in [3.8, 4) is 11.5 Å². The van der Waals surface area contributed by atoms with E-state index < -0.39 is 10.9 Å². The summed E-state index contributed by atoms with van der Waals surface area (Å²) < 4.78 is 16.9. The molecule has 0 fully saturated rings. The molecule has 0 saturated carbocycles. The van der Waals surface area contributed by atoms with E-state index in [2.05, 4.69) is 15.9 Å². The molecule has 0 saturated heterocycles. The Morgan fingerprint density at radius 3 is 2.65 bits per heavy atom. The minimum Gasteiger partial charge on any atom is -0.486 e. The Hall–Kier alpha value is -2.87. The van der Waals surface area contributed by atoms with Gasteiger partial charge in [-0.2, -0.15) is 0 Å². The summed E-state index contributed by atoms with van der Waals surface area (Å²) in [4.78, 5) is 22.4. The van der Waals surface area contributed by atoms with E-state index in [4.69, 9.17) is 14.2 Å². The van der Waals surface area contributed by atoms with Gasteiger partial charge < -0.3 is 14.2 Å². The second-order valence-electron chi connectivity index (χ2n) is 5.34. The van der Waals surface area contributed by atoms with Gasteiger partial charge in [0.25, 0.3) is 5.69 Å². The number of ether oxygens (including phenoxy) is 3. The van der Waals surface area contributed by atoms with E-state index in [9.17, 15) is 14.9 Å². The van der Waals surface area contributed by atoms with E-state index >= 15 is 0 Å². The van der Waals surface area contributed by atoms with Crippen LogP contribution in [0.15, 0.2) is 46.9 Å². The monoisotopic (exact) mass is 419 g/mol. The second kappa shape index (κ2) is 8.01. The van der Waals surface area contributed by atoms with Gasteiger partial charge in [-0.3, -0.25) is 10.1 Å². The highest BCUT2D eigenvalue weighted by molar-refractivity contribution is 9.10. The molecule has 134 valence electrons. The van der Waals surface area contributed by atoms with Crippen LogP contribution in [-0.4, -0.2) is 24.1 Å². The molecule has 2 aromatic rings. The topological polar surface area (TPSA) is 87.9 Å². The number of fused-ring (bicyclic) bond motifs is 1. The van der Waals surface area contributed by atoms with Crippen molar-refractivity contribution in [3.63, 3.8) is 0 Å². The number of nitro groups is 1. The average molecular weight is 420 g/mol. The molecule has 0 unspecified atom stereocenters. The molecule has 0 aromatic heterocycles. The van der Waals surface area contributed by atoms with Crippen molar-refractivity contribution >= 4 is 33.7 Å². The molecule has 0 atom stereocenters. The highest BCUT2D eigenvalue weighted by Gasteiger charge is 2.15. The summed E-state index contributed by atoms with van der Waals surface area (Å²) in [5, 5.41) is 11.0. The third-order valence-corrected chi connectivity index (χ3v) is 4.35. The second-order valence-corrected chi connectivity index (χ2v) is 6.20. The van der Waals surface area contributed by atoms with Crippen LogP contribution >= 0.6 is 15.9 Å². The zero-order chi connectivity index (χ0) is 18.5. The first-order valence-electron chi connectivity index (χ1n) is 7.71. The third-order valence-electron chi connectivity index (χ3n) is 3.61. The average Bonchev–Trinajstić information content (AvgIpc) is 2.64.